The molecule has 68 valence electrons. The van der Waals surface area contributed by atoms with Crippen molar-refractivity contribution in [2.45, 2.75) is 37.8 Å². The highest BCUT2D eigenvalue weighted by molar-refractivity contribution is 8.01. The molecule has 0 atom stereocenters. The first-order valence-electron chi connectivity index (χ1n) is 4.25. The fourth-order valence-corrected chi connectivity index (χ4v) is 3.46. The molecule has 1 nitrogen and oxygen atoms in total. The van der Waals surface area contributed by atoms with Gasteiger partial charge >= 0.3 is 0 Å². The fourth-order valence-electron chi connectivity index (χ4n) is 1.02. The molecule has 0 amide bonds. The maximum atomic E-state index is 4.53. The minimum absolute atomic E-state index is 0.559. The van der Waals surface area contributed by atoms with Gasteiger partial charge in [-0.1, -0.05) is 20.8 Å². The summed E-state index contributed by atoms with van der Waals surface area (Å²) in [4.78, 5) is 4.53. The average Bonchev–Trinajstić information content (AvgIpc) is 2.32. The van der Waals surface area contributed by atoms with E-state index in [4.69, 9.17) is 0 Å². The predicted molar refractivity (Wildman–Crippen MR) is 57.3 cm³/mol. The molecule has 0 saturated heterocycles. The molecule has 3 heteroatoms. The molecule has 0 fully saturated rings. The van der Waals surface area contributed by atoms with Crippen LogP contribution in [0.1, 0.15) is 37.4 Å². The second-order valence-corrected chi connectivity index (χ2v) is 5.73. The molecule has 1 heterocycles. The lowest BCUT2D eigenvalue weighted by Gasteiger charge is -2.02. The maximum absolute atomic E-state index is 4.53. The van der Waals surface area contributed by atoms with Crippen LogP contribution in [0.25, 0.3) is 0 Å². The Hall–Kier alpha value is -0.0200. The highest BCUT2D eigenvalue weighted by Gasteiger charge is 2.11. The van der Waals surface area contributed by atoms with Crippen molar-refractivity contribution < 1.29 is 0 Å². The monoisotopic (exact) mass is 201 g/mol. The normalized spacial score (nSPS) is 11.1. The van der Waals surface area contributed by atoms with Crippen molar-refractivity contribution in [3.63, 3.8) is 0 Å². The fraction of sp³-hybridized carbons (Fsp3) is 0.667. The molecule has 12 heavy (non-hydrogen) atoms. The molecule has 0 aliphatic heterocycles. The molecule has 0 aliphatic rings. The number of hydrogen-bond donors (Lipinski definition) is 0. The third-order valence-corrected chi connectivity index (χ3v) is 3.69. The van der Waals surface area contributed by atoms with Crippen LogP contribution >= 0.6 is 23.1 Å². The summed E-state index contributed by atoms with van der Waals surface area (Å²) in [7, 11) is 0. The molecule has 0 unspecified atom stereocenters. The van der Waals surface area contributed by atoms with Crippen molar-refractivity contribution in [3.8, 4) is 0 Å². The molecule has 0 spiro atoms. The first-order valence-corrected chi connectivity index (χ1v) is 6.05. The van der Waals surface area contributed by atoms with Crippen LogP contribution in [-0.4, -0.2) is 10.7 Å². The van der Waals surface area contributed by atoms with Crippen LogP contribution in [-0.2, 0) is 0 Å². The molecule has 1 aromatic rings. The summed E-state index contributed by atoms with van der Waals surface area (Å²) in [5.41, 5.74) is 1.28. The average molecular weight is 201 g/mol. The number of thiazole rings is 1. The molecule has 0 aromatic carbocycles. The smallest absolute Gasteiger partial charge is 0.0909 e. The van der Waals surface area contributed by atoms with Crippen LogP contribution in [0.2, 0.25) is 0 Å². The minimum atomic E-state index is 0.559. The van der Waals surface area contributed by atoms with Gasteiger partial charge in [0.1, 0.15) is 0 Å². The van der Waals surface area contributed by atoms with Gasteiger partial charge in [-0.25, -0.2) is 4.98 Å². The van der Waals surface area contributed by atoms with Gasteiger partial charge in [-0.3, -0.25) is 0 Å². The molecular weight excluding hydrogens is 186 g/mol. The zero-order valence-corrected chi connectivity index (χ0v) is 9.68. The Morgan fingerprint density at radius 1 is 1.50 bits per heavy atom. The van der Waals surface area contributed by atoms with Crippen LogP contribution < -0.4 is 0 Å². The van der Waals surface area contributed by atoms with Crippen molar-refractivity contribution in [1.29, 1.82) is 0 Å². The standard InChI is InChI=1S/C9H15NS2/c1-5-11-9-8(6(2)3)10-7(4)12-9/h6H,5H2,1-4H3. The van der Waals surface area contributed by atoms with Gasteiger partial charge in [0.05, 0.1) is 14.9 Å². The third kappa shape index (κ3) is 2.23. The van der Waals surface area contributed by atoms with E-state index in [1.165, 1.54) is 14.9 Å². The Balaban J connectivity index is 2.92. The number of hydrogen-bond acceptors (Lipinski definition) is 3. The van der Waals surface area contributed by atoms with E-state index >= 15 is 0 Å². The van der Waals surface area contributed by atoms with E-state index in [0.29, 0.717) is 5.92 Å². The van der Waals surface area contributed by atoms with Gasteiger partial charge < -0.3 is 0 Å². The van der Waals surface area contributed by atoms with Crippen molar-refractivity contribution in [2.75, 3.05) is 5.75 Å². The molecule has 0 bridgehead atoms. The van der Waals surface area contributed by atoms with Gasteiger partial charge in [-0.15, -0.1) is 23.1 Å². The van der Waals surface area contributed by atoms with Crippen LogP contribution in [0.5, 0.6) is 0 Å². The van der Waals surface area contributed by atoms with Crippen molar-refractivity contribution in [2.24, 2.45) is 0 Å². The number of aromatic nitrogens is 1. The molecule has 0 radical (unpaired) electrons. The summed E-state index contributed by atoms with van der Waals surface area (Å²) < 4.78 is 1.41. The van der Waals surface area contributed by atoms with Crippen LogP contribution in [0.15, 0.2) is 4.21 Å². The maximum Gasteiger partial charge on any atom is 0.0909 e. The molecular formula is C9H15NS2. The lowest BCUT2D eigenvalue weighted by Crippen LogP contribution is -1.89. The lowest BCUT2D eigenvalue weighted by atomic mass is 10.2. The number of nitrogens with zero attached hydrogens (tertiary/aromatic N) is 1. The Labute approximate surface area is 82.6 Å². The second kappa shape index (κ2) is 4.28. The molecule has 1 aromatic heterocycles. The van der Waals surface area contributed by atoms with Crippen LogP contribution in [0.3, 0.4) is 0 Å². The summed E-state index contributed by atoms with van der Waals surface area (Å²) in [6.45, 7) is 8.67. The van der Waals surface area contributed by atoms with E-state index in [2.05, 4.69) is 32.7 Å². The van der Waals surface area contributed by atoms with Crippen molar-refractivity contribution >= 4 is 23.1 Å². The first kappa shape index (κ1) is 10.1. The predicted octanol–water partition coefficient (Wildman–Crippen LogP) is 3.69. The van der Waals surface area contributed by atoms with Gasteiger partial charge in [0.25, 0.3) is 0 Å². The highest BCUT2D eigenvalue weighted by atomic mass is 32.2. The van der Waals surface area contributed by atoms with E-state index < -0.39 is 0 Å². The largest absolute Gasteiger partial charge is 0.245 e. The Morgan fingerprint density at radius 2 is 2.17 bits per heavy atom. The number of rotatable bonds is 3. The van der Waals surface area contributed by atoms with Gasteiger partial charge in [0.15, 0.2) is 0 Å². The van der Waals surface area contributed by atoms with E-state index in [9.17, 15) is 0 Å². The minimum Gasteiger partial charge on any atom is -0.245 e. The van der Waals surface area contributed by atoms with Gasteiger partial charge in [0, 0.05) is 0 Å². The summed E-state index contributed by atoms with van der Waals surface area (Å²) in [5, 5.41) is 1.19. The molecule has 0 aliphatic carbocycles. The highest BCUT2D eigenvalue weighted by Crippen LogP contribution is 2.33. The lowest BCUT2D eigenvalue weighted by molar-refractivity contribution is 0.809. The molecule has 0 saturated carbocycles. The Kier molecular flexibility index (Phi) is 3.59. The van der Waals surface area contributed by atoms with E-state index in [-0.39, 0.29) is 0 Å². The topological polar surface area (TPSA) is 12.9 Å². The van der Waals surface area contributed by atoms with Crippen molar-refractivity contribution in [3.05, 3.63) is 10.7 Å². The summed E-state index contributed by atoms with van der Waals surface area (Å²) in [5.74, 6) is 1.70. The van der Waals surface area contributed by atoms with Crippen molar-refractivity contribution in [1.82, 2.24) is 4.98 Å². The SMILES string of the molecule is CCSc1sc(C)nc1C(C)C. The number of thioether (sulfide) groups is 1. The van der Waals surface area contributed by atoms with Gasteiger partial charge in [-0.2, -0.15) is 0 Å². The summed E-state index contributed by atoms with van der Waals surface area (Å²) in [6, 6.07) is 0. The first-order chi connectivity index (χ1) is 5.65. The zero-order valence-electron chi connectivity index (χ0n) is 8.05. The summed E-state index contributed by atoms with van der Waals surface area (Å²) >= 11 is 3.73. The van der Waals surface area contributed by atoms with E-state index in [1.54, 1.807) is 0 Å². The van der Waals surface area contributed by atoms with Gasteiger partial charge in [0.2, 0.25) is 0 Å². The van der Waals surface area contributed by atoms with E-state index in [1.807, 2.05) is 23.1 Å². The molecule has 0 N–H and O–H groups in total. The quantitative estimate of drug-likeness (QED) is 0.692. The Bertz CT molecular complexity index is 253. The van der Waals surface area contributed by atoms with Gasteiger partial charge in [-0.05, 0) is 18.6 Å². The molecule has 1 rings (SSSR count). The third-order valence-electron chi connectivity index (χ3n) is 1.55. The second-order valence-electron chi connectivity index (χ2n) is 2.99. The summed E-state index contributed by atoms with van der Waals surface area (Å²) in [6.07, 6.45) is 0. The van der Waals surface area contributed by atoms with E-state index in [0.717, 1.165) is 5.75 Å². The number of aryl methyl sites for hydroxylation is 1. The van der Waals surface area contributed by atoms with Crippen LogP contribution in [0.4, 0.5) is 0 Å². The van der Waals surface area contributed by atoms with Crippen LogP contribution in [0, 0.1) is 6.92 Å². The zero-order chi connectivity index (χ0) is 9.14. The Morgan fingerprint density at radius 3 is 2.67 bits per heavy atom.